The summed E-state index contributed by atoms with van der Waals surface area (Å²) in [6.07, 6.45) is 2.48. The van der Waals surface area contributed by atoms with Gasteiger partial charge in [0.1, 0.15) is 5.82 Å². The Morgan fingerprint density at radius 1 is 0.604 bits per heavy atom. The van der Waals surface area contributed by atoms with Crippen LogP contribution in [0.2, 0.25) is 0 Å². The summed E-state index contributed by atoms with van der Waals surface area (Å²) in [6, 6.07) is 30.1. The summed E-state index contributed by atoms with van der Waals surface area (Å²) < 4.78 is 23.8. The number of carbonyl (C=O) groups excluding carboxylic acids is 2. The third-order valence-electron chi connectivity index (χ3n) is 8.57. The minimum Gasteiger partial charge on any atom is -0.399 e. The van der Waals surface area contributed by atoms with Gasteiger partial charge in [-0.1, -0.05) is 55.2 Å². The molecule has 4 aromatic rings. The topological polar surface area (TPSA) is 166 Å². The number of ether oxygens (including phenoxy) is 2. The molecular weight excluding hydrogens is 648 g/mol. The summed E-state index contributed by atoms with van der Waals surface area (Å²) in [6.45, 7) is 2.22. The molecule has 0 unspecified atom stereocenters. The van der Waals surface area contributed by atoms with E-state index in [2.05, 4.69) is 6.07 Å². The van der Waals surface area contributed by atoms with Crippen molar-refractivity contribution in [2.24, 2.45) is 11.5 Å². The number of anilines is 1. The molecular formula is C37H45FN4O4S2. The van der Waals surface area contributed by atoms with E-state index in [1.54, 1.807) is 23.9 Å². The number of rotatable bonds is 8. The molecule has 6 rings (SSSR count). The molecule has 2 fully saturated rings. The van der Waals surface area contributed by atoms with Crippen molar-refractivity contribution in [1.29, 1.82) is 0 Å². The number of hydrogen-bond acceptors (Lipinski definition) is 8. The Morgan fingerprint density at radius 2 is 0.979 bits per heavy atom. The van der Waals surface area contributed by atoms with Crippen LogP contribution in [-0.2, 0) is 29.9 Å². The van der Waals surface area contributed by atoms with Crippen molar-refractivity contribution in [3.63, 3.8) is 0 Å². The van der Waals surface area contributed by atoms with Crippen LogP contribution in [0.3, 0.4) is 0 Å². The maximum absolute atomic E-state index is 13.0. The first-order valence-electron chi connectivity index (χ1n) is 15.1. The highest BCUT2D eigenvalue weighted by Crippen LogP contribution is 2.39. The molecule has 0 radical (unpaired) electrons. The second-order valence-corrected chi connectivity index (χ2v) is 13.7. The van der Waals surface area contributed by atoms with Crippen LogP contribution in [0.15, 0.2) is 117 Å². The van der Waals surface area contributed by atoms with Crippen molar-refractivity contribution in [2.75, 3.05) is 32.2 Å². The largest absolute Gasteiger partial charge is 0.399 e. The zero-order valence-electron chi connectivity index (χ0n) is 26.2. The fourth-order valence-corrected chi connectivity index (χ4v) is 7.57. The Balaban J connectivity index is 0.000000250. The lowest BCUT2D eigenvalue weighted by atomic mass is 9.73. The van der Waals surface area contributed by atoms with Crippen molar-refractivity contribution in [1.82, 2.24) is 6.15 Å². The molecule has 4 aromatic carbocycles. The monoisotopic (exact) mass is 692 g/mol. The summed E-state index contributed by atoms with van der Waals surface area (Å²) in [5.41, 5.74) is 18.6. The zero-order valence-corrected chi connectivity index (χ0v) is 27.8. The van der Waals surface area contributed by atoms with Crippen molar-refractivity contribution in [2.45, 2.75) is 63.5 Å². The van der Waals surface area contributed by atoms with E-state index in [9.17, 15) is 14.0 Å². The van der Waals surface area contributed by atoms with E-state index in [1.807, 2.05) is 66.7 Å². The lowest BCUT2D eigenvalue weighted by Gasteiger charge is -2.34. The Labute approximate surface area is 290 Å². The number of hydrogen-bond donors (Lipinski definition) is 4. The first-order chi connectivity index (χ1) is 22.2. The Kier molecular flexibility index (Phi) is 14.1. The van der Waals surface area contributed by atoms with Gasteiger partial charge in [-0.05, 0) is 110 Å². The molecule has 256 valence electrons. The van der Waals surface area contributed by atoms with E-state index in [-0.39, 0.29) is 31.2 Å². The fourth-order valence-electron chi connectivity index (χ4n) is 5.82. The van der Waals surface area contributed by atoms with E-state index >= 15 is 0 Å². The van der Waals surface area contributed by atoms with Gasteiger partial charge in [-0.15, -0.1) is 0 Å². The van der Waals surface area contributed by atoms with Gasteiger partial charge in [-0.2, -0.15) is 0 Å². The normalized spacial score (nSPS) is 16.2. The molecule has 0 spiro atoms. The molecule has 0 aromatic heterocycles. The molecule has 0 saturated carbocycles. The number of amides is 2. The van der Waals surface area contributed by atoms with Crippen molar-refractivity contribution >= 4 is 41.0 Å². The third kappa shape index (κ3) is 9.18. The number of halogens is 1. The molecule has 48 heavy (non-hydrogen) atoms. The minimum absolute atomic E-state index is 0. The van der Waals surface area contributed by atoms with Gasteiger partial charge in [-0.3, -0.25) is 9.59 Å². The quantitative estimate of drug-likeness (QED) is 0.140. The highest BCUT2D eigenvalue weighted by Gasteiger charge is 2.41. The lowest BCUT2D eigenvalue weighted by Crippen LogP contribution is -2.45. The number of nitrogen functional groups attached to an aromatic ring is 1. The first kappa shape index (κ1) is 38.6. The maximum Gasteiger partial charge on any atom is 0.228 e. The Hall–Kier alpha value is -3.87. The molecule has 2 saturated heterocycles. The number of nitrogens with two attached hydrogens (primary N) is 3. The van der Waals surface area contributed by atoms with Gasteiger partial charge in [0, 0.05) is 51.7 Å². The summed E-state index contributed by atoms with van der Waals surface area (Å²) in [5, 5.41) is 0. The molecule has 8 nitrogen and oxygen atoms in total. The van der Waals surface area contributed by atoms with Gasteiger partial charge in [0.05, 0.1) is 10.8 Å². The van der Waals surface area contributed by atoms with Crippen molar-refractivity contribution in [3.05, 3.63) is 114 Å². The zero-order chi connectivity index (χ0) is 32.6. The number of benzene rings is 4. The maximum atomic E-state index is 13.0. The highest BCUT2D eigenvalue weighted by molar-refractivity contribution is 7.99. The molecule has 2 heterocycles. The summed E-state index contributed by atoms with van der Waals surface area (Å²) >= 11 is 3.18. The second-order valence-electron chi connectivity index (χ2n) is 11.4. The van der Waals surface area contributed by atoms with E-state index in [4.69, 9.17) is 26.7 Å². The fraction of sp³-hybridized carbons (Fsp3) is 0.297. The van der Waals surface area contributed by atoms with Gasteiger partial charge in [0.15, 0.2) is 0 Å². The molecule has 9 N–H and O–H groups in total. The third-order valence-corrected chi connectivity index (χ3v) is 10.6. The molecule has 0 bridgehead atoms. The van der Waals surface area contributed by atoms with E-state index in [0.717, 1.165) is 36.4 Å². The molecule has 0 aliphatic carbocycles. The molecule has 2 aliphatic heterocycles. The van der Waals surface area contributed by atoms with Crippen LogP contribution >= 0.6 is 23.5 Å². The molecule has 11 heteroatoms. The Bertz CT molecular complexity index is 1520. The molecule has 2 aliphatic rings. The summed E-state index contributed by atoms with van der Waals surface area (Å²) in [5.74, 6) is -0.821. The SMILES string of the molecule is C.N.NC(=O)C1(c2cccc(Sc3ccc(F)cc3)c2)CCOCC1.NC(=O)C1(c2cccc(Sc3ccc(N)cc3)c2)CCOCC1. The van der Waals surface area contributed by atoms with E-state index in [0.29, 0.717) is 52.1 Å². The lowest BCUT2D eigenvalue weighted by molar-refractivity contribution is -0.127. The van der Waals surface area contributed by atoms with E-state index < -0.39 is 10.8 Å². The second kappa shape index (κ2) is 17.5. The predicted molar refractivity (Wildman–Crippen MR) is 192 cm³/mol. The molecule has 0 atom stereocenters. The van der Waals surface area contributed by atoms with Gasteiger partial charge in [-0.25, -0.2) is 4.39 Å². The van der Waals surface area contributed by atoms with Crippen molar-refractivity contribution < 1.29 is 23.5 Å². The van der Waals surface area contributed by atoms with Gasteiger partial charge in [0.25, 0.3) is 0 Å². The predicted octanol–water partition coefficient (Wildman–Crippen LogP) is 7.26. The summed E-state index contributed by atoms with van der Waals surface area (Å²) in [4.78, 5) is 28.4. The minimum atomic E-state index is -0.655. The standard InChI is InChI=1S/C18H18FNO2S.C18H20N2O2S.CH4.H3N/c2*19-14-4-6-15(7-5-14)23-16-3-1-2-13(12-16)18(17(20)21)8-10-22-11-9-18;;/h1-7,12H,8-11H2,(H2,20,21);1-7,12H,8-11,19H2,(H2,20,21);1H4;1H3. The average Bonchev–Trinajstić information content (AvgIpc) is 3.08. The van der Waals surface area contributed by atoms with Gasteiger partial charge in [0.2, 0.25) is 11.8 Å². The van der Waals surface area contributed by atoms with E-state index in [1.165, 1.54) is 23.9 Å². The van der Waals surface area contributed by atoms with Crippen LogP contribution in [0.4, 0.5) is 10.1 Å². The molecule has 2 amide bonds. The van der Waals surface area contributed by atoms with Crippen LogP contribution in [0.1, 0.15) is 44.2 Å². The van der Waals surface area contributed by atoms with Crippen molar-refractivity contribution in [3.8, 4) is 0 Å². The Morgan fingerprint density at radius 3 is 1.35 bits per heavy atom. The van der Waals surface area contributed by atoms with Crippen LogP contribution in [-0.4, -0.2) is 38.2 Å². The van der Waals surface area contributed by atoms with Gasteiger partial charge < -0.3 is 32.8 Å². The summed E-state index contributed by atoms with van der Waals surface area (Å²) in [7, 11) is 0. The van der Waals surface area contributed by atoms with Crippen LogP contribution < -0.4 is 23.4 Å². The number of primary amides is 2. The highest BCUT2D eigenvalue weighted by atomic mass is 32.2. The van der Waals surface area contributed by atoms with Gasteiger partial charge >= 0.3 is 0 Å². The first-order valence-corrected chi connectivity index (χ1v) is 16.8. The van der Waals surface area contributed by atoms with Crippen LogP contribution in [0, 0.1) is 5.82 Å². The number of carbonyl (C=O) groups is 2. The van der Waals surface area contributed by atoms with Crippen LogP contribution in [0.5, 0.6) is 0 Å². The van der Waals surface area contributed by atoms with Crippen LogP contribution in [0.25, 0.3) is 0 Å². The smallest absolute Gasteiger partial charge is 0.228 e. The average molecular weight is 693 g/mol.